The summed E-state index contributed by atoms with van der Waals surface area (Å²) in [6.07, 6.45) is 3.31. The molecule has 2 aromatic rings. The van der Waals surface area contributed by atoms with Gasteiger partial charge in [0.05, 0.1) is 11.7 Å². The van der Waals surface area contributed by atoms with Crippen LogP contribution in [0, 0.1) is 6.92 Å². The number of urea groups is 1. The number of hydrogen-bond donors (Lipinski definition) is 2. The Hall–Kier alpha value is -2.43. The van der Waals surface area contributed by atoms with Crippen LogP contribution in [0.5, 0.6) is 0 Å². The minimum absolute atomic E-state index is 0.683. The Bertz CT molecular complexity index is 592. The Morgan fingerprint density at radius 2 is 2.29 bits per heavy atom. The molecule has 0 aliphatic heterocycles. The second-order valence-electron chi connectivity index (χ2n) is 3.60. The van der Waals surface area contributed by atoms with Crippen molar-refractivity contribution in [3.8, 4) is 0 Å². The average molecular weight is 228 g/mol. The lowest BCUT2D eigenvalue weighted by Gasteiger charge is -2.04. The molecular weight excluding hydrogens is 216 g/mol. The summed E-state index contributed by atoms with van der Waals surface area (Å²) >= 11 is 0. The second kappa shape index (κ2) is 4.61. The first kappa shape index (κ1) is 11.1. The van der Waals surface area contributed by atoms with Crippen molar-refractivity contribution < 1.29 is 4.79 Å². The van der Waals surface area contributed by atoms with E-state index in [1.165, 1.54) is 0 Å². The molecule has 0 aliphatic carbocycles. The summed E-state index contributed by atoms with van der Waals surface area (Å²) in [5, 5.41) is 4.76. The zero-order chi connectivity index (χ0) is 12.3. The van der Waals surface area contributed by atoms with Crippen LogP contribution in [-0.2, 0) is 0 Å². The van der Waals surface area contributed by atoms with E-state index in [0.29, 0.717) is 0 Å². The third-order valence-electron chi connectivity index (χ3n) is 2.41. The standard InChI is InChI=1S/C12H12N4O/c1-8-4-5-11-9(3-2-6-14-11)10(8)7-15-16-12(13)17/h2-7H,1H3,(H3,13,16,17). The molecule has 1 aromatic carbocycles. The summed E-state index contributed by atoms with van der Waals surface area (Å²) in [6.45, 7) is 1.97. The van der Waals surface area contributed by atoms with Gasteiger partial charge in [-0.2, -0.15) is 5.10 Å². The molecule has 0 saturated carbocycles. The van der Waals surface area contributed by atoms with Crippen molar-refractivity contribution in [1.82, 2.24) is 10.4 Å². The molecule has 0 spiro atoms. The second-order valence-corrected chi connectivity index (χ2v) is 3.60. The van der Waals surface area contributed by atoms with E-state index in [1.807, 2.05) is 31.2 Å². The van der Waals surface area contributed by atoms with E-state index in [9.17, 15) is 4.79 Å². The topological polar surface area (TPSA) is 80.4 Å². The molecule has 0 unspecified atom stereocenters. The Labute approximate surface area is 98.3 Å². The largest absolute Gasteiger partial charge is 0.350 e. The Kier molecular flexibility index (Phi) is 3.00. The predicted molar refractivity (Wildman–Crippen MR) is 66.8 cm³/mol. The highest BCUT2D eigenvalue weighted by Crippen LogP contribution is 2.18. The SMILES string of the molecule is Cc1ccc2ncccc2c1C=NNC(N)=O. The normalized spacial score (nSPS) is 10.9. The zero-order valence-corrected chi connectivity index (χ0v) is 9.34. The third kappa shape index (κ3) is 2.39. The number of nitrogens with two attached hydrogens (primary N) is 1. The van der Waals surface area contributed by atoms with Gasteiger partial charge in [0.1, 0.15) is 0 Å². The van der Waals surface area contributed by atoms with Gasteiger partial charge in [-0.05, 0) is 24.6 Å². The van der Waals surface area contributed by atoms with Crippen LogP contribution in [-0.4, -0.2) is 17.2 Å². The molecular formula is C12H12N4O. The maximum atomic E-state index is 10.5. The Balaban J connectivity index is 2.47. The Morgan fingerprint density at radius 3 is 3.06 bits per heavy atom. The highest BCUT2D eigenvalue weighted by atomic mass is 16.2. The maximum Gasteiger partial charge on any atom is 0.332 e. The van der Waals surface area contributed by atoms with Gasteiger partial charge in [-0.15, -0.1) is 0 Å². The molecule has 0 saturated heterocycles. The van der Waals surface area contributed by atoms with E-state index in [2.05, 4.69) is 15.5 Å². The molecule has 2 rings (SSSR count). The monoisotopic (exact) mass is 228 g/mol. The summed E-state index contributed by atoms with van der Waals surface area (Å²) in [4.78, 5) is 14.8. The van der Waals surface area contributed by atoms with Gasteiger partial charge >= 0.3 is 6.03 Å². The molecule has 0 radical (unpaired) electrons. The van der Waals surface area contributed by atoms with E-state index < -0.39 is 6.03 Å². The predicted octanol–water partition coefficient (Wildman–Crippen LogP) is 1.55. The van der Waals surface area contributed by atoms with Gasteiger partial charge in [0.2, 0.25) is 0 Å². The van der Waals surface area contributed by atoms with Crippen LogP contribution in [0.3, 0.4) is 0 Å². The van der Waals surface area contributed by atoms with Crippen molar-refractivity contribution in [3.63, 3.8) is 0 Å². The average Bonchev–Trinajstić information content (AvgIpc) is 2.32. The fourth-order valence-corrected chi connectivity index (χ4v) is 1.62. The molecule has 1 aromatic heterocycles. The zero-order valence-electron chi connectivity index (χ0n) is 9.34. The molecule has 3 N–H and O–H groups in total. The van der Waals surface area contributed by atoms with E-state index in [1.54, 1.807) is 12.4 Å². The van der Waals surface area contributed by atoms with E-state index in [4.69, 9.17) is 5.73 Å². The first-order valence-corrected chi connectivity index (χ1v) is 5.11. The number of pyridine rings is 1. The van der Waals surface area contributed by atoms with Gasteiger partial charge in [-0.3, -0.25) is 4.98 Å². The fraction of sp³-hybridized carbons (Fsp3) is 0.0833. The van der Waals surface area contributed by atoms with E-state index in [0.717, 1.165) is 22.0 Å². The summed E-state index contributed by atoms with van der Waals surface area (Å²) in [6, 6.07) is 7.05. The fourth-order valence-electron chi connectivity index (χ4n) is 1.62. The minimum Gasteiger partial charge on any atom is -0.350 e. The van der Waals surface area contributed by atoms with Crippen molar-refractivity contribution in [3.05, 3.63) is 41.6 Å². The van der Waals surface area contributed by atoms with Crippen molar-refractivity contribution in [2.45, 2.75) is 6.92 Å². The minimum atomic E-state index is -0.683. The number of benzene rings is 1. The summed E-state index contributed by atoms with van der Waals surface area (Å²) in [5.41, 5.74) is 9.97. The van der Waals surface area contributed by atoms with Crippen molar-refractivity contribution >= 4 is 23.1 Å². The van der Waals surface area contributed by atoms with Gasteiger partial charge < -0.3 is 5.73 Å². The third-order valence-corrected chi connectivity index (χ3v) is 2.41. The first-order chi connectivity index (χ1) is 8.18. The summed E-state index contributed by atoms with van der Waals surface area (Å²) < 4.78 is 0. The van der Waals surface area contributed by atoms with Gasteiger partial charge in [0.15, 0.2) is 0 Å². The van der Waals surface area contributed by atoms with Gasteiger partial charge in [-0.1, -0.05) is 12.1 Å². The molecule has 86 valence electrons. The quantitative estimate of drug-likeness (QED) is 0.604. The number of fused-ring (bicyclic) bond motifs is 1. The number of nitrogens with zero attached hydrogens (tertiary/aromatic N) is 2. The lowest BCUT2D eigenvalue weighted by Crippen LogP contribution is -2.24. The van der Waals surface area contributed by atoms with Crippen molar-refractivity contribution in [1.29, 1.82) is 0 Å². The van der Waals surface area contributed by atoms with Crippen molar-refractivity contribution in [2.75, 3.05) is 0 Å². The molecule has 0 bridgehead atoms. The smallest absolute Gasteiger partial charge is 0.332 e. The van der Waals surface area contributed by atoms with E-state index in [-0.39, 0.29) is 0 Å². The lowest BCUT2D eigenvalue weighted by atomic mass is 10.0. The number of amides is 2. The highest BCUT2D eigenvalue weighted by molar-refractivity contribution is 5.99. The van der Waals surface area contributed by atoms with Crippen LogP contribution in [0.2, 0.25) is 0 Å². The van der Waals surface area contributed by atoms with E-state index >= 15 is 0 Å². The highest BCUT2D eigenvalue weighted by Gasteiger charge is 2.02. The molecule has 5 heteroatoms. The molecule has 2 amide bonds. The van der Waals surface area contributed by atoms with Crippen molar-refractivity contribution in [2.24, 2.45) is 10.8 Å². The van der Waals surface area contributed by atoms with Gasteiger partial charge in [0, 0.05) is 17.1 Å². The molecule has 0 atom stereocenters. The van der Waals surface area contributed by atoms with Gasteiger partial charge in [0.25, 0.3) is 0 Å². The van der Waals surface area contributed by atoms with Crippen LogP contribution in [0.25, 0.3) is 10.9 Å². The molecule has 0 fully saturated rings. The van der Waals surface area contributed by atoms with Crippen LogP contribution in [0.4, 0.5) is 4.79 Å². The first-order valence-electron chi connectivity index (χ1n) is 5.11. The number of nitrogens with one attached hydrogen (secondary N) is 1. The number of carbonyl (C=O) groups is 1. The van der Waals surface area contributed by atoms with Crippen LogP contribution in [0.1, 0.15) is 11.1 Å². The van der Waals surface area contributed by atoms with Gasteiger partial charge in [-0.25, -0.2) is 10.2 Å². The molecule has 1 heterocycles. The number of carbonyl (C=O) groups excluding carboxylic acids is 1. The number of hydrogen-bond acceptors (Lipinski definition) is 3. The van der Waals surface area contributed by atoms with Crippen LogP contribution in [0.15, 0.2) is 35.6 Å². The number of aromatic nitrogens is 1. The number of rotatable bonds is 2. The molecule has 0 aliphatic rings. The lowest BCUT2D eigenvalue weighted by molar-refractivity contribution is 0.249. The molecule has 5 nitrogen and oxygen atoms in total. The van der Waals surface area contributed by atoms with Crippen LogP contribution < -0.4 is 11.2 Å². The summed E-state index contributed by atoms with van der Waals surface area (Å²) in [5.74, 6) is 0. The Morgan fingerprint density at radius 1 is 1.47 bits per heavy atom. The number of hydrazone groups is 1. The van der Waals surface area contributed by atoms with Crippen LogP contribution >= 0.6 is 0 Å². The number of primary amides is 1. The number of aryl methyl sites for hydroxylation is 1. The maximum absolute atomic E-state index is 10.5. The summed E-state index contributed by atoms with van der Waals surface area (Å²) in [7, 11) is 0. The molecule has 17 heavy (non-hydrogen) atoms.